The first-order valence-electron chi connectivity index (χ1n) is 9.00. The van der Waals surface area contributed by atoms with E-state index in [4.69, 9.17) is 4.74 Å². The number of carbonyl (C=O) groups is 2. The Morgan fingerprint density at radius 1 is 1.04 bits per heavy atom. The van der Waals surface area contributed by atoms with Crippen LogP contribution >= 0.6 is 0 Å². The van der Waals surface area contributed by atoms with Crippen molar-refractivity contribution < 1.29 is 14.3 Å². The zero-order chi connectivity index (χ0) is 16.9. The number of nitrogens with zero attached hydrogens (tertiary/aromatic N) is 2. The molecule has 2 fully saturated rings. The summed E-state index contributed by atoms with van der Waals surface area (Å²) in [5.41, 5.74) is 0.660. The summed E-state index contributed by atoms with van der Waals surface area (Å²) in [7, 11) is 0. The first kappa shape index (κ1) is 16.8. The van der Waals surface area contributed by atoms with Gasteiger partial charge in [0.1, 0.15) is 5.75 Å². The van der Waals surface area contributed by atoms with Crippen LogP contribution in [0.15, 0.2) is 24.3 Å². The second-order valence-corrected chi connectivity index (χ2v) is 6.58. The van der Waals surface area contributed by atoms with Gasteiger partial charge in [-0.15, -0.1) is 0 Å². The molecule has 2 aliphatic heterocycles. The van der Waals surface area contributed by atoms with Gasteiger partial charge in [-0.1, -0.05) is 0 Å². The van der Waals surface area contributed by atoms with E-state index in [0.29, 0.717) is 18.7 Å². The summed E-state index contributed by atoms with van der Waals surface area (Å²) in [4.78, 5) is 29.1. The standard InChI is InChI=1S/C19H26N2O3/c1-2-24-17-9-7-15(8-10-17)18(22)21-13-5-6-16(14-21)19(23)20-11-3-4-12-20/h7-10,16H,2-6,11-14H2,1H3. The number of piperidine rings is 1. The van der Waals surface area contributed by atoms with Gasteiger partial charge in [-0.05, 0) is 56.9 Å². The van der Waals surface area contributed by atoms with Crippen LogP contribution in [0.4, 0.5) is 0 Å². The molecule has 0 bridgehead atoms. The van der Waals surface area contributed by atoms with Crippen LogP contribution in [0.2, 0.25) is 0 Å². The zero-order valence-electron chi connectivity index (χ0n) is 14.4. The van der Waals surface area contributed by atoms with E-state index < -0.39 is 0 Å². The third kappa shape index (κ3) is 3.71. The smallest absolute Gasteiger partial charge is 0.253 e. The maximum atomic E-state index is 12.7. The fourth-order valence-electron chi connectivity index (χ4n) is 3.60. The molecule has 0 aliphatic carbocycles. The van der Waals surface area contributed by atoms with Crippen molar-refractivity contribution in [3.05, 3.63) is 29.8 Å². The fraction of sp³-hybridized carbons (Fsp3) is 0.579. The van der Waals surface area contributed by atoms with Gasteiger partial charge >= 0.3 is 0 Å². The molecule has 1 aromatic rings. The fourth-order valence-corrected chi connectivity index (χ4v) is 3.60. The molecule has 0 saturated carbocycles. The van der Waals surface area contributed by atoms with E-state index in [1.807, 2.05) is 28.9 Å². The summed E-state index contributed by atoms with van der Waals surface area (Å²) in [5.74, 6) is 0.979. The number of rotatable bonds is 4. The molecule has 5 nitrogen and oxygen atoms in total. The van der Waals surface area contributed by atoms with Gasteiger partial charge in [0.2, 0.25) is 5.91 Å². The minimum absolute atomic E-state index is 0.0111. The van der Waals surface area contributed by atoms with Crippen molar-refractivity contribution in [2.75, 3.05) is 32.8 Å². The van der Waals surface area contributed by atoms with Crippen LogP contribution < -0.4 is 4.74 Å². The Morgan fingerprint density at radius 2 is 1.71 bits per heavy atom. The van der Waals surface area contributed by atoms with E-state index in [1.54, 1.807) is 12.1 Å². The van der Waals surface area contributed by atoms with E-state index in [1.165, 1.54) is 0 Å². The maximum absolute atomic E-state index is 12.7. The molecular formula is C19H26N2O3. The minimum Gasteiger partial charge on any atom is -0.494 e. The Kier molecular flexibility index (Phi) is 5.38. The molecule has 2 heterocycles. The lowest BCUT2D eigenvalue weighted by Crippen LogP contribution is -2.46. The Balaban J connectivity index is 1.63. The van der Waals surface area contributed by atoms with Crippen molar-refractivity contribution in [3.63, 3.8) is 0 Å². The largest absolute Gasteiger partial charge is 0.494 e. The van der Waals surface area contributed by atoms with Crippen LogP contribution in [0.3, 0.4) is 0 Å². The lowest BCUT2D eigenvalue weighted by atomic mass is 9.96. The number of amides is 2. The van der Waals surface area contributed by atoms with E-state index in [-0.39, 0.29) is 17.7 Å². The van der Waals surface area contributed by atoms with Crippen molar-refractivity contribution in [1.29, 1.82) is 0 Å². The summed E-state index contributed by atoms with van der Waals surface area (Å²) < 4.78 is 5.42. The summed E-state index contributed by atoms with van der Waals surface area (Å²) in [6.07, 6.45) is 4.00. The Labute approximate surface area is 143 Å². The minimum atomic E-state index is -0.0384. The van der Waals surface area contributed by atoms with Gasteiger partial charge in [-0.3, -0.25) is 9.59 Å². The van der Waals surface area contributed by atoms with Crippen LogP contribution in [-0.2, 0) is 4.79 Å². The summed E-state index contributed by atoms with van der Waals surface area (Å²) in [6, 6.07) is 7.26. The van der Waals surface area contributed by atoms with Crippen molar-refractivity contribution in [3.8, 4) is 5.75 Å². The van der Waals surface area contributed by atoms with Crippen LogP contribution in [0, 0.1) is 5.92 Å². The lowest BCUT2D eigenvalue weighted by Gasteiger charge is -2.34. The normalized spacial score (nSPS) is 21.0. The van der Waals surface area contributed by atoms with Crippen molar-refractivity contribution in [1.82, 2.24) is 9.80 Å². The highest BCUT2D eigenvalue weighted by atomic mass is 16.5. The van der Waals surface area contributed by atoms with Gasteiger partial charge in [0.05, 0.1) is 12.5 Å². The molecule has 0 spiro atoms. The van der Waals surface area contributed by atoms with Gasteiger partial charge < -0.3 is 14.5 Å². The molecule has 0 aromatic heterocycles. The molecule has 2 amide bonds. The molecule has 5 heteroatoms. The summed E-state index contributed by atoms with van der Waals surface area (Å²) in [5, 5.41) is 0. The molecule has 1 aromatic carbocycles. The number of likely N-dealkylation sites (tertiary alicyclic amines) is 2. The third-order valence-corrected chi connectivity index (χ3v) is 4.89. The van der Waals surface area contributed by atoms with E-state index >= 15 is 0 Å². The highest BCUT2D eigenvalue weighted by Crippen LogP contribution is 2.23. The topological polar surface area (TPSA) is 49.9 Å². The first-order valence-corrected chi connectivity index (χ1v) is 9.00. The molecule has 24 heavy (non-hydrogen) atoms. The molecule has 0 N–H and O–H groups in total. The van der Waals surface area contributed by atoms with E-state index in [0.717, 1.165) is 51.1 Å². The second kappa shape index (κ2) is 7.69. The van der Waals surface area contributed by atoms with Gasteiger partial charge in [0.15, 0.2) is 0 Å². The van der Waals surface area contributed by atoms with Gasteiger partial charge in [0, 0.05) is 31.7 Å². The number of hydrogen-bond donors (Lipinski definition) is 0. The molecule has 3 rings (SSSR count). The molecule has 1 atom stereocenters. The molecule has 1 unspecified atom stereocenters. The van der Waals surface area contributed by atoms with E-state index in [2.05, 4.69) is 0 Å². The SMILES string of the molecule is CCOc1ccc(C(=O)N2CCCC(C(=O)N3CCCC3)C2)cc1. The van der Waals surface area contributed by atoms with E-state index in [9.17, 15) is 9.59 Å². The van der Waals surface area contributed by atoms with Crippen molar-refractivity contribution >= 4 is 11.8 Å². The first-order chi connectivity index (χ1) is 11.7. The van der Waals surface area contributed by atoms with Crippen LogP contribution in [0.25, 0.3) is 0 Å². The van der Waals surface area contributed by atoms with Gasteiger partial charge in [-0.2, -0.15) is 0 Å². The van der Waals surface area contributed by atoms with Gasteiger partial charge in [0.25, 0.3) is 5.91 Å². The zero-order valence-corrected chi connectivity index (χ0v) is 14.4. The van der Waals surface area contributed by atoms with Gasteiger partial charge in [-0.25, -0.2) is 0 Å². The highest BCUT2D eigenvalue weighted by molar-refractivity contribution is 5.94. The average molecular weight is 330 g/mol. The van der Waals surface area contributed by atoms with Crippen molar-refractivity contribution in [2.45, 2.75) is 32.6 Å². The molecule has 2 aliphatic rings. The Hall–Kier alpha value is -2.04. The Bertz CT molecular complexity index is 579. The Morgan fingerprint density at radius 3 is 2.38 bits per heavy atom. The number of carbonyl (C=O) groups excluding carboxylic acids is 2. The van der Waals surface area contributed by atoms with Crippen LogP contribution in [0.1, 0.15) is 43.0 Å². The second-order valence-electron chi connectivity index (χ2n) is 6.58. The quantitative estimate of drug-likeness (QED) is 0.852. The highest BCUT2D eigenvalue weighted by Gasteiger charge is 2.32. The predicted octanol–water partition coefficient (Wildman–Crippen LogP) is 2.56. The molecular weight excluding hydrogens is 304 g/mol. The molecule has 130 valence electrons. The third-order valence-electron chi connectivity index (χ3n) is 4.89. The predicted molar refractivity (Wildman–Crippen MR) is 92.1 cm³/mol. The molecule has 2 saturated heterocycles. The van der Waals surface area contributed by atoms with Crippen LogP contribution in [-0.4, -0.2) is 54.4 Å². The summed E-state index contributed by atoms with van der Waals surface area (Å²) in [6.45, 7) is 5.57. The summed E-state index contributed by atoms with van der Waals surface area (Å²) >= 11 is 0. The molecule has 0 radical (unpaired) electrons. The number of benzene rings is 1. The average Bonchev–Trinajstić information content (AvgIpc) is 3.16. The van der Waals surface area contributed by atoms with Crippen molar-refractivity contribution in [2.24, 2.45) is 5.92 Å². The lowest BCUT2D eigenvalue weighted by molar-refractivity contribution is -0.135. The number of hydrogen-bond acceptors (Lipinski definition) is 3. The van der Waals surface area contributed by atoms with Crippen LogP contribution in [0.5, 0.6) is 5.75 Å². The maximum Gasteiger partial charge on any atom is 0.253 e. The monoisotopic (exact) mass is 330 g/mol. The number of ether oxygens (including phenoxy) is 1.